The molecular formula is C13H20N4O. The Morgan fingerprint density at radius 2 is 2.28 bits per heavy atom. The molecule has 2 aromatic heterocycles. The Morgan fingerprint density at radius 3 is 2.89 bits per heavy atom. The van der Waals surface area contributed by atoms with Crippen LogP contribution < -0.4 is 5.32 Å². The van der Waals surface area contributed by atoms with Gasteiger partial charge in [-0.1, -0.05) is 5.16 Å². The Bertz CT molecular complexity index is 456. The standard InChI is InChI=1S/C13H20N4O/c1-10(5-8-17-7-4-6-15-17)14-9-13-11(2)16-18-12(13)3/h4,6-7,10,14H,5,8-9H2,1-3H3. The van der Waals surface area contributed by atoms with Crippen LogP contribution in [0.5, 0.6) is 0 Å². The van der Waals surface area contributed by atoms with Gasteiger partial charge < -0.3 is 9.84 Å². The summed E-state index contributed by atoms with van der Waals surface area (Å²) >= 11 is 0. The van der Waals surface area contributed by atoms with E-state index in [9.17, 15) is 0 Å². The van der Waals surface area contributed by atoms with E-state index < -0.39 is 0 Å². The Labute approximate surface area is 107 Å². The molecule has 0 aromatic carbocycles. The van der Waals surface area contributed by atoms with Crippen molar-refractivity contribution in [3.8, 4) is 0 Å². The van der Waals surface area contributed by atoms with Gasteiger partial charge in [0.2, 0.25) is 0 Å². The molecule has 5 nitrogen and oxygen atoms in total. The second-order valence-corrected chi connectivity index (χ2v) is 4.64. The Balaban J connectivity index is 1.76. The first-order chi connectivity index (χ1) is 8.66. The molecule has 0 aliphatic carbocycles. The molecule has 0 spiro atoms. The fourth-order valence-electron chi connectivity index (χ4n) is 1.89. The molecule has 1 atom stereocenters. The molecule has 2 heterocycles. The highest BCUT2D eigenvalue weighted by molar-refractivity contribution is 5.20. The van der Waals surface area contributed by atoms with Crippen LogP contribution in [0.15, 0.2) is 23.0 Å². The molecule has 0 aliphatic rings. The first-order valence-electron chi connectivity index (χ1n) is 6.29. The second kappa shape index (κ2) is 5.82. The van der Waals surface area contributed by atoms with Gasteiger partial charge in [-0.05, 0) is 33.3 Å². The van der Waals surface area contributed by atoms with Crippen LogP contribution in [0.25, 0.3) is 0 Å². The van der Waals surface area contributed by atoms with E-state index in [1.54, 1.807) is 0 Å². The molecule has 0 bridgehead atoms. The lowest BCUT2D eigenvalue weighted by Crippen LogP contribution is -2.27. The lowest BCUT2D eigenvalue weighted by molar-refractivity contribution is 0.391. The first-order valence-corrected chi connectivity index (χ1v) is 6.29. The average Bonchev–Trinajstić information content (AvgIpc) is 2.96. The molecule has 0 amide bonds. The van der Waals surface area contributed by atoms with Gasteiger partial charge in [-0.3, -0.25) is 4.68 Å². The van der Waals surface area contributed by atoms with Gasteiger partial charge >= 0.3 is 0 Å². The predicted octanol–water partition coefficient (Wildman–Crippen LogP) is 2.06. The third-order valence-electron chi connectivity index (χ3n) is 3.16. The van der Waals surface area contributed by atoms with Crippen molar-refractivity contribution in [2.45, 2.75) is 46.3 Å². The van der Waals surface area contributed by atoms with E-state index in [1.165, 1.54) is 5.56 Å². The van der Waals surface area contributed by atoms with Crippen LogP contribution in [-0.2, 0) is 13.1 Å². The second-order valence-electron chi connectivity index (χ2n) is 4.64. The predicted molar refractivity (Wildman–Crippen MR) is 69.1 cm³/mol. The highest BCUT2D eigenvalue weighted by Crippen LogP contribution is 2.12. The van der Waals surface area contributed by atoms with Gasteiger partial charge in [0.15, 0.2) is 0 Å². The third kappa shape index (κ3) is 3.20. The van der Waals surface area contributed by atoms with E-state index in [1.807, 2.05) is 37.0 Å². The number of aryl methyl sites for hydroxylation is 3. The van der Waals surface area contributed by atoms with Crippen molar-refractivity contribution >= 4 is 0 Å². The van der Waals surface area contributed by atoms with Crippen LogP contribution in [0.2, 0.25) is 0 Å². The van der Waals surface area contributed by atoms with E-state index in [2.05, 4.69) is 22.5 Å². The molecule has 0 saturated carbocycles. The zero-order valence-corrected chi connectivity index (χ0v) is 11.2. The maximum Gasteiger partial charge on any atom is 0.138 e. The quantitative estimate of drug-likeness (QED) is 0.850. The normalized spacial score (nSPS) is 12.8. The molecule has 2 aromatic rings. The van der Waals surface area contributed by atoms with E-state index in [4.69, 9.17) is 4.52 Å². The molecule has 0 radical (unpaired) electrons. The van der Waals surface area contributed by atoms with Gasteiger partial charge in [-0.15, -0.1) is 0 Å². The van der Waals surface area contributed by atoms with Gasteiger partial charge in [-0.2, -0.15) is 5.10 Å². The van der Waals surface area contributed by atoms with Gasteiger partial charge in [0.1, 0.15) is 5.76 Å². The molecule has 0 fully saturated rings. The summed E-state index contributed by atoms with van der Waals surface area (Å²) in [5, 5.41) is 11.6. The van der Waals surface area contributed by atoms with Crippen LogP contribution in [0, 0.1) is 13.8 Å². The Hall–Kier alpha value is -1.62. The summed E-state index contributed by atoms with van der Waals surface area (Å²) in [5.74, 6) is 0.902. The molecule has 98 valence electrons. The zero-order valence-electron chi connectivity index (χ0n) is 11.2. The van der Waals surface area contributed by atoms with E-state index in [0.717, 1.165) is 31.0 Å². The fraction of sp³-hybridized carbons (Fsp3) is 0.538. The number of hydrogen-bond donors (Lipinski definition) is 1. The number of nitrogens with one attached hydrogen (secondary N) is 1. The minimum Gasteiger partial charge on any atom is -0.361 e. The molecule has 2 rings (SSSR count). The number of hydrogen-bond acceptors (Lipinski definition) is 4. The van der Waals surface area contributed by atoms with Crippen molar-refractivity contribution < 1.29 is 4.52 Å². The number of aromatic nitrogens is 3. The topological polar surface area (TPSA) is 55.9 Å². The summed E-state index contributed by atoms with van der Waals surface area (Å²) in [6.07, 6.45) is 4.84. The van der Waals surface area contributed by atoms with Crippen molar-refractivity contribution in [2.75, 3.05) is 0 Å². The maximum absolute atomic E-state index is 5.14. The lowest BCUT2D eigenvalue weighted by atomic mass is 10.1. The average molecular weight is 248 g/mol. The van der Waals surface area contributed by atoms with Gasteiger partial charge in [0, 0.05) is 37.1 Å². The maximum atomic E-state index is 5.14. The van der Waals surface area contributed by atoms with Crippen LogP contribution in [0.1, 0.15) is 30.4 Å². The molecule has 5 heteroatoms. The fourth-order valence-corrected chi connectivity index (χ4v) is 1.89. The minimum absolute atomic E-state index is 0.433. The van der Waals surface area contributed by atoms with Crippen LogP contribution in [0.3, 0.4) is 0 Å². The first kappa shape index (κ1) is 12.8. The van der Waals surface area contributed by atoms with E-state index in [0.29, 0.717) is 6.04 Å². The van der Waals surface area contributed by atoms with Gasteiger partial charge in [0.25, 0.3) is 0 Å². The van der Waals surface area contributed by atoms with E-state index in [-0.39, 0.29) is 0 Å². The summed E-state index contributed by atoms with van der Waals surface area (Å²) in [6, 6.07) is 2.38. The lowest BCUT2D eigenvalue weighted by Gasteiger charge is -2.13. The molecule has 1 unspecified atom stereocenters. The van der Waals surface area contributed by atoms with Crippen molar-refractivity contribution in [3.05, 3.63) is 35.5 Å². The molecule has 0 aliphatic heterocycles. The Kier molecular flexibility index (Phi) is 4.15. The van der Waals surface area contributed by atoms with Crippen LogP contribution in [-0.4, -0.2) is 21.0 Å². The van der Waals surface area contributed by atoms with Gasteiger partial charge in [-0.25, -0.2) is 0 Å². The largest absolute Gasteiger partial charge is 0.361 e. The summed E-state index contributed by atoms with van der Waals surface area (Å²) in [5.41, 5.74) is 2.14. The van der Waals surface area contributed by atoms with Crippen molar-refractivity contribution in [2.24, 2.45) is 0 Å². The third-order valence-corrected chi connectivity index (χ3v) is 3.16. The van der Waals surface area contributed by atoms with Gasteiger partial charge in [0.05, 0.1) is 5.69 Å². The number of nitrogens with zero attached hydrogens (tertiary/aromatic N) is 3. The SMILES string of the molecule is Cc1noc(C)c1CNC(C)CCn1cccn1. The monoisotopic (exact) mass is 248 g/mol. The van der Waals surface area contributed by atoms with E-state index >= 15 is 0 Å². The summed E-state index contributed by atoms with van der Waals surface area (Å²) in [7, 11) is 0. The smallest absolute Gasteiger partial charge is 0.138 e. The molecule has 18 heavy (non-hydrogen) atoms. The summed E-state index contributed by atoms with van der Waals surface area (Å²) < 4.78 is 7.09. The summed E-state index contributed by atoms with van der Waals surface area (Å²) in [6.45, 7) is 7.85. The van der Waals surface area contributed by atoms with Crippen molar-refractivity contribution in [3.63, 3.8) is 0 Å². The molecule has 0 saturated heterocycles. The van der Waals surface area contributed by atoms with Crippen molar-refractivity contribution in [1.29, 1.82) is 0 Å². The minimum atomic E-state index is 0.433. The molecule has 1 N–H and O–H groups in total. The highest BCUT2D eigenvalue weighted by Gasteiger charge is 2.10. The van der Waals surface area contributed by atoms with Crippen molar-refractivity contribution in [1.82, 2.24) is 20.3 Å². The zero-order chi connectivity index (χ0) is 13.0. The Morgan fingerprint density at radius 1 is 1.44 bits per heavy atom. The van der Waals surface area contributed by atoms with Crippen LogP contribution >= 0.6 is 0 Å². The molecular weight excluding hydrogens is 228 g/mol. The highest BCUT2D eigenvalue weighted by atomic mass is 16.5. The number of rotatable bonds is 6. The summed E-state index contributed by atoms with van der Waals surface area (Å²) in [4.78, 5) is 0. The van der Waals surface area contributed by atoms with Crippen LogP contribution in [0.4, 0.5) is 0 Å².